The number of aliphatic imine (C=N–C) groups is 1. The van der Waals surface area contributed by atoms with Gasteiger partial charge in [-0.05, 0) is 30.7 Å². The van der Waals surface area contributed by atoms with Gasteiger partial charge in [-0.25, -0.2) is 0 Å². The molecule has 1 N–H and O–H groups in total. The summed E-state index contributed by atoms with van der Waals surface area (Å²) in [5.41, 5.74) is 4.41. The van der Waals surface area contributed by atoms with Crippen molar-refractivity contribution in [1.29, 1.82) is 0 Å². The van der Waals surface area contributed by atoms with Crippen molar-refractivity contribution in [3.05, 3.63) is 59.7 Å². The zero-order valence-electron chi connectivity index (χ0n) is 12.7. The predicted molar refractivity (Wildman–Crippen MR) is 91.9 cm³/mol. The second-order valence-corrected chi connectivity index (χ2v) is 6.41. The van der Waals surface area contributed by atoms with Crippen molar-refractivity contribution < 1.29 is 4.68 Å². The lowest BCUT2D eigenvalue weighted by molar-refractivity contribution is -0.649. The molecule has 0 saturated heterocycles. The highest BCUT2D eigenvalue weighted by atomic mass is 32.2. The van der Waals surface area contributed by atoms with E-state index in [0.29, 0.717) is 0 Å². The Morgan fingerprint density at radius 3 is 2.74 bits per heavy atom. The van der Waals surface area contributed by atoms with Gasteiger partial charge < -0.3 is 0 Å². The van der Waals surface area contributed by atoms with Crippen molar-refractivity contribution >= 4 is 16.8 Å². The smallest absolute Gasteiger partial charge is 0.277 e. The molecule has 5 nitrogen and oxygen atoms in total. The monoisotopic (exact) mass is 322 g/mol. The summed E-state index contributed by atoms with van der Waals surface area (Å²) in [6, 6.07) is 16.3. The summed E-state index contributed by atoms with van der Waals surface area (Å²) in [4.78, 5) is 4.65. The molecule has 0 radical (unpaired) electrons. The Morgan fingerprint density at radius 1 is 1.09 bits per heavy atom. The van der Waals surface area contributed by atoms with Crippen LogP contribution < -0.4 is 4.68 Å². The number of tetrazole rings is 1. The summed E-state index contributed by atoms with van der Waals surface area (Å²) in [6.45, 7) is 3.00. The van der Waals surface area contributed by atoms with Crippen LogP contribution in [0.2, 0.25) is 0 Å². The quantitative estimate of drug-likeness (QED) is 0.754. The lowest BCUT2D eigenvalue weighted by Gasteiger charge is -2.10. The lowest BCUT2D eigenvalue weighted by Crippen LogP contribution is -2.37. The Kier molecular flexibility index (Phi) is 3.67. The van der Waals surface area contributed by atoms with Gasteiger partial charge in [0.1, 0.15) is 15.8 Å². The molecular formula is C17H16N5S+. The van der Waals surface area contributed by atoms with Gasteiger partial charge in [0.15, 0.2) is 5.21 Å². The van der Waals surface area contributed by atoms with Crippen LogP contribution in [-0.4, -0.2) is 32.9 Å². The normalized spacial score (nSPS) is 14.0. The van der Waals surface area contributed by atoms with Crippen LogP contribution in [-0.2, 0) is 0 Å². The first-order valence-electron chi connectivity index (χ1n) is 7.51. The Balaban J connectivity index is 1.90. The van der Waals surface area contributed by atoms with Crippen molar-refractivity contribution in [1.82, 2.24) is 15.5 Å². The van der Waals surface area contributed by atoms with Crippen LogP contribution in [0.25, 0.3) is 17.1 Å². The molecule has 3 aromatic rings. The Labute approximate surface area is 138 Å². The number of H-pyrrole nitrogens is 1. The third-order valence-corrected chi connectivity index (χ3v) is 4.82. The number of aryl methyl sites for hydroxylation is 1. The molecule has 0 saturated carbocycles. The summed E-state index contributed by atoms with van der Waals surface area (Å²) in [5, 5.41) is 12.4. The van der Waals surface area contributed by atoms with Gasteiger partial charge >= 0.3 is 5.82 Å². The van der Waals surface area contributed by atoms with E-state index in [2.05, 4.69) is 45.6 Å². The van der Waals surface area contributed by atoms with Crippen molar-refractivity contribution in [2.75, 3.05) is 12.3 Å². The standard InChI is InChI=1S/C17H15N5S/c1-12-6-5-9-14(15(12)17-18-10-11-23-17)22-16(19-20-21-22)13-7-3-2-4-8-13/h2-9H,10-11H2,1H3/p+1. The summed E-state index contributed by atoms with van der Waals surface area (Å²) >= 11 is 1.80. The number of thioether (sulfide) groups is 1. The second kappa shape index (κ2) is 5.96. The van der Waals surface area contributed by atoms with E-state index in [1.54, 1.807) is 11.8 Å². The van der Waals surface area contributed by atoms with Crippen LogP contribution in [0, 0.1) is 6.92 Å². The summed E-state index contributed by atoms with van der Waals surface area (Å²) in [6.07, 6.45) is 0. The van der Waals surface area contributed by atoms with Crippen LogP contribution in [0.5, 0.6) is 0 Å². The average Bonchev–Trinajstić information content (AvgIpc) is 3.27. The van der Waals surface area contributed by atoms with Gasteiger partial charge in [-0.1, -0.05) is 35.5 Å². The Morgan fingerprint density at radius 2 is 1.96 bits per heavy atom. The van der Waals surface area contributed by atoms with E-state index >= 15 is 0 Å². The highest BCUT2D eigenvalue weighted by molar-refractivity contribution is 8.14. The van der Waals surface area contributed by atoms with Crippen molar-refractivity contribution in [3.63, 3.8) is 0 Å². The first kappa shape index (κ1) is 14.1. The minimum Gasteiger partial charge on any atom is -0.277 e. The molecule has 2 aromatic carbocycles. The molecule has 0 bridgehead atoms. The van der Waals surface area contributed by atoms with E-state index in [9.17, 15) is 0 Å². The first-order chi connectivity index (χ1) is 11.3. The maximum atomic E-state index is 4.65. The van der Waals surface area contributed by atoms with Gasteiger partial charge in [0.2, 0.25) is 0 Å². The Bertz CT molecular complexity index is 870. The minimum atomic E-state index is 0.793. The number of rotatable bonds is 3. The van der Waals surface area contributed by atoms with Crippen molar-refractivity contribution in [2.24, 2.45) is 4.99 Å². The van der Waals surface area contributed by atoms with E-state index in [-0.39, 0.29) is 0 Å². The van der Waals surface area contributed by atoms with E-state index in [4.69, 9.17) is 0 Å². The number of aromatic nitrogens is 4. The van der Waals surface area contributed by atoms with Gasteiger partial charge in [-0.2, -0.15) is 0 Å². The molecule has 0 unspecified atom stereocenters. The molecule has 2 heterocycles. The summed E-state index contributed by atoms with van der Waals surface area (Å²) in [5.74, 6) is 1.83. The largest absolute Gasteiger partial charge is 0.337 e. The molecule has 0 fully saturated rings. The summed E-state index contributed by atoms with van der Waals surface area (Å²) in [7, 11) is 0. The third kappa shape index (κ3) is 2.55. The fraction of sp³-hybridized carbons (Fsp3) is 0.176. The lowest BCUT2D eigenvalue weighted by atomic mass is 10.1. The number of benzene rings is 2. The van der Waals surface area contributed by atoms with Crippen molar-refractivity contribution in [3.8, 4) is 17.1 Å². The second-order valence-electron chi connectivity index (χ2n) is 5.33. The number of hydrogen-bond acceptors (Lipinski definition) is 4. The average molecular weight is 322 g/mol. The van der Waals surface area contributed by atoms with Crippen molar-refractivity contribution in [2.45, 2.75) is 6.92 Å². The van der Waals surface area contributed by atoms with E-state index in [0.717, 1.165) is 40.0 Å². The molecule has 114 valence electrons. The molecule has 23 heavy (non-hydrogen) atoms. The minimum absolute atomic E-state index is 0.793. The predicted octanol–water partition coefficient (Wildman–Crippen LogP) is 2.55. The highest BCUT2D eigenvalue weighted by Gasteiger charge is 2.24. The van der Waals surface area contributed by atoms with Gasteiger partial charge in [0.05, 0.1) is 11.1 Å². The summed E-state index contributed by atoms with van der Waals surface area (Å²) < 4.78 is 1.93. The molecule has 1 aliphatic heterocycles. The first-order valence-corrected chi connectivity index (χ1v) is 8.49. The molecule has 1 aromatic heterocycles. The number of nitrogens with one attached hydrogen (secondary N) is 1. The highest BCUT2D eigenvalue weighted by Crippen LogP contribution is 2.26. The van der Waals surface area contributed by atoms with Gasteiger partial charge in [-0.3, -0.25) is 4.99 Å². The number of aromatic amines is 1. The maximum Gasteiger partial charge on any atom is 0.337 e. The number of hydrogen-bond donors (Lipinski definition) is 1. The van der Waals surface area contributed by atoms with Gasteiger partial charge in [-0.15, -0.1) is 16.4 Å². The molecule has 1 aliphatic rings. The Hall–Kier alpha value is -2.47. The maximum absolute atomic E-state index is 4.65. The number of nitrogens with zero attached hydrogens (tertiary/aromatic N) is 4. The zero-order chi connectivity index (χ0) is 15.6. The molecule has 0 spiro atoms. The van der Waals surface area contributed by atoms with Gasteiger partial charge in [0, 0.05) is 12.3 Å². The van der Waals surface area contributed by atoms with Crippen LogP contribution in [0.15, 0.2) is 53.5 Å². The molecular weight excluding hydrogens is 306 g/mol. The SMILES string of the molecule is Cc1cccc(-[n+]2[nH]nnc2-c2ccccc2)c1C1=NCCS1. The molecule has 0 aliphatic carbocycles. The third-order valence-electron chi connectivity index (χ3n) is 3.82. The van der Waals surface area contributed by atoms with Crippen LogP contribution in [0.4, 0.5) is 0 Å². The van der Waals surface area contributed by atoms with Crippen LogP contribution in [0.3, 0.4) is 0 Å². The fourth-order valence-electron chi connectivity index (χ4n) is 2.75. The molecule has 4 rings (SSSR count). The topological polar surface area (TPSA) is 57.8 Å². The fourth-order valence-corrected chi connectivity index (χ4v) is 3.72. The van der Waals surface area contributed by atoms with Crippen LogP contribution >= 0.6 is 11.8 Å². The van der Waals surface area contributed by atoms with E-state index < -0.39 is 0 Å². The molecule has 0 amide bonds. The van der Waals surface area contributed by atoms with Gasteiger partial charge in [0.25, 0.3) is 0 Å². The van der Waals surface area contributed by atoms with Crippen LogP contribution in [0.1, 0.15) is 11.1 Å². The molecule has 0 atom stereocenters. The van der Waals surface area contributed by atoms with E-state index in [1.165, 1.54) is 5.56 Å². The zero-order valence-corrected chi connectivity index (χ0v) is 13.5. The van der Waals surface area contributed by atoms with E-state index in [1.807, 2.05) is 35.0 Å². The molecule has 6 heteroatoms.